The van der Waals surface area contributed by atoms with Crippen molar-refractivity contribution in [2.24, 2.45) is 5.73 Å². The third kappa shape index (κ3) is 1.88. The minimum atomic E-state index is 0.0253. The van der Waals surface area contributed by atoms with Crippen molar-refractivity contribution in [3.05, 3.63) is 0 Å². The lowest BCUT2D eigenvalue weighted by molar-refractivity contribution is -0.106. The van der Waals surface area contributed by atoms with Crippen molar-refractivity contribution >= 4 is 0 Å². The van der Waals surface area contributed by atoms with Gasteiger partial charge in [0.15, 0.2) is 0 Å². The van der Waals surface area contributed by atoms with Crippen LogP contribution in [-0.2, 0) is 9.47 Å². The van der Waals surface area contributed by atoms with Crippen LogP contribution >= 0.6 is 0 Å². The molecule has 0 aliphatic carbocycles. The normalized spacial score (nSPS) is 46.1. The van der Waals surface area contributed by atoms with E-state index in [1.54, 1.807) is 0 Å². The van der Waals surface area contributed by atoms with E-state index in [4.69, 9.17) is 15.2 Å². The molecule has 16 heavy (non-hydrogen) atoms. The fourth-order valence-electron chi connectivity index (χ4n) is 3.06. The Morgan fingerprint density at radius 1 is 1.31 bits per heavy atom. The van der Waals surface area contributed by atoms with Gasteiger partial charge in [-0.15, -0.1) is 0 Å². The lowest BCUT2D eigenvalue weighted by atomic mass is 9.87. The average Bonchev–Trinajstić information content (AvgIpc) is 2.64. The van der Waals surface area contributed by atoms with E-state index >= 15 is 0 Å². The summed E-state index contributed by atoms with van der Waals surface area (Å²) >= 11 is 0. The predicted octanol–water partition coefficient (Wildman–Crippen LogP) is 0.602. The van der Waals surface area contributed by atoms with Crippen molar-refractivity contribution in [2.75, 3.05) is 26.3 Å². The van der Waals surface area contributed by atoms with Crippen molar-refractivity contribution in [1.29, 1.82) is 0 Å². The Balaban J connectivity index is 2.19. The Kier molecular flexibility index (Phi) is 3.54. The summed E-state index contributed by atoms with van der Waals surface area (Å²) in [5.74, 6) is 0. The van der Waals surface area contributed by atoms with Crippen molar-refractivity contribution in [2.45, 2.75) is 51.0 Å². The second kappa shape index (κ2) is 4.61. The highest BCUT2D eigenvalue weighted by atomic mass is 16.5. The summed E-state index contributed by atoms with van der Waals surface area (Å²) in [6, 6.07) is 0.434. The van der Waals surface area contributed by atoms with Gasteiger partial charge in [-0.2, -0.15) is 0 Å². The predicted molar refractivity (Wildman–Crippen MR) is 63.4 cm³/mol. The molecule has 2 saturated heterocycles. The van der Waals surface area contributed by atoms with Crippen LogP contribution in [0.3, 0.4) is 0 Å². The third-order valence-electron chi connectivity index (χ3n) is 4.19. The maximum absolute atomic E-state index is 6.04. The second-order valence-corrected chi connectivity index (χ2v) is 5.22. The number of rotatable bonds is 2. The summed E-state index contributed by atoms with van der Waals surface area (Å²) in [6.45, 7) is 9.76. The average molecular weight is 228 g/mol. The zero-order valence-corrected chi connectivity index (χ0v) is 10.6. The van der Waals surface area contributed by atoms with Gasteiger partial charge in [0.25, 0.3) is 0 Å². The first kappa shape index (κ1) is 12.3. The Bertz CT molecular complexity index is 249. The van der Waals surface area contributed by atoms with Crippen LogP contribution in [0.1, 0.15) is 27.2 Å². The van der Waals surface area contributed by atoms with Gasteiger partial charge in [0.05, 0.1) is 24.4 Å². The van der Waals surface area contributed by atoms with Gasteiger partial charge in [-0.05, 0) is 27.2 Å². The summed E-state index contributed by atoms with van der Waals surface area (Å²) < 4.78 is 11.4. The zero-order valence-electron chi connectivity index (χ0n) is 10.6. The lowest BCUT2D eigenvalue weighted by Crippen LogP contribution is -2.65. The molecule has 4 atom stereocenters. The smallest absolute Gasteiger partial charge is 0.0743 e. The Morgan fingerprint density at radius 3 is 2.62 bits per heavy atom. The first-order valence-corrected chi connectivity index (χ1v) is 6.30. The Hall–Kier alpha value is -0.160. The van der Waals surface area contributed by atoms with Crippen LogP contribution < -0.4 is 5.73 Å². The molecule has 0 amide bonds. The summed E-state index contributed by atoms with van der Waals surface area (Å²) in [7, 11) is 0. The standard InChI is InChI=1S/C12H24N2O2/c1-9-7-16-10(2)6-14(9)12(8-13)4-5-15-11(12)3/h9-11H,4-8,13H2,1-3H3. The van der Waals surface area contributed by atoms with Crippen LogP contribution in [-0.4, -0.2) is 55.0 Å². The fourth-order valence-corrected chi connectivity index (χ4v) is 3.06. The molecule has 2 aliphatic heterocycles. The number of nitrogens with zero attached hydrogens (tertiary/aromatic N) is 1. The number of hydrogen-bond acceptors (Lipinski definition) is 4. The molecule has 0 aromatic heterocycles. The molecule has 2 rings (SSSR count). The number of nitrogens with two attached hydrogens (primary N) is 1. The van der Waals surface area contributed by atoms with Gasteiger partial charge in [-0.3, -0.25) is 4.90 Å². The van der Waals surface area contributed by atoms with Crippen LogP contribution in [0, 0.1) is 0 Å². The van der Waals surface area contributed by atoms with Gasteiger partial charge in [0.2, 0.25) is 0 Å². The minimum absolute atomic E-state index is 0.0253. The maximum atomic E-state index is 6.04. The molecule has 2 N–H and O–H groups in total. The molecule has 2 heterocycles. The van der Waals surface area contributed by atoms with E-state index in [2.05, 4.69) is 25.7 Å². The third-order valence-corrected chi connectivity index (χ3v) is 4.19. The van der Waals surface area contributed by atoms with Crippen molar-refractivity contribution in [3.8, 4) is 0 Å². The van der Waals surface area contributed by atoms with Crippen molar-refractivity contribution in [1.82, 2.24) is 4.90 Å². The topological polar surface area (TPSA) is 47.7 Å². The molecule has 94 valence electrons. The lowest BCUT2D eigenvalue weighted by Gasteiger charge is -2.49. The first-order chi connectivity index (χ1) is 7.60. The van der Waals surface area contributed by atoms with Gasteiger partial charge in [0, 0.05) is 25.7 Å². The van der Waals surface area contributed by atoms with Crippen molar-refractivity contribution < 1.29 is 9.47 Å². The van der Waals surface area contributed by atoms with Gasteiger partial charge >= 0.3 is 0 Å². The summed E-state index contributed by atoms with van der Waals surface area (Å²) in [4.78, 5) is 2.51. The van der Waals surface area contributed by atoms with E-state index in [0.29, 0.717) is 18.7 Å². The van der Waals surface area contributed by atoms with Crippen molar-refractivity contribution in [3.63, 3.8) is 0 Å². The molecule has 0 bridgehead atoms. The van der Waals surface area contributed by atoms with Crippen LogP contribution in [0.15, 0.2) is 0 Å². The highest BCUT2D eigenvalue weighted by Crippen LogP contribution is 2.34. The molecule has 0 spiro atoms. The number of ether oxygens (including phenoxy) is 2. The SMILES string of the molecule is CC1CN(C2(CN)CCOC2C)C(C)CO1. The molecule has 0 aromatic carbocycles. The molecule has 4 nitrogen and oxygen atoms in total. The molecule has 4 unspecified atom stereocenters. The molecule has 2 aliphatic rings. The Morgan fingerprint density at radius 2 is 2.06 bits per heavy atom. The Labute approximate surface area is 98.1 Å². The van der Waals surface area contributed by atoms with E-state index in [1.807, 2.05) is 0 Å². The van der Waals surface area contributed by atoms with Crippen LogP contribution in [0.5, 0.6) is 0 Å². The monoisotopic (exact) mass is 228 g/mol. The highest BCUT2D eigenvalue weighted by Gasteiger charge is 2.48. The molecule has 0 aromatic rings. The number of hydrogen-bond donors (Lipinski definition) is 1. The molecule has 2 fully saturated rings. The highest BCUT2D eigenvalue weighted by molar-refractivity contribution is 5.03. The number of morpholine rings is 1. The maximum Gasteiger partial charge on any atom is 0.0743 e. The molecule has 0 radical (unpaired) electrons. The van der Waals surface area contributed by atoms with Gasteiger partial charge in [0.1, 0.15) is 0 Å². The molecular weight excluding hydrogens is 204 g/mol. The van der Waals surface area contributed by atoms with E-state index in [9.17, 15) is 0 Å². The summed E-state index contributed by atoms with van der Waals surface area (Å²) in [5, 5.41) is 0. The van der Waals surface area contributed by atoms with E-state index < -0.39 is 0 Å². The summed E-state index contributed by atoms with van der Waals surface area (Å²) in [5.41, 5.74) is 6.06. The van der Waals surface area contributed by atoms with Crippen LogP contribution in [0.25, 0.3) is 0 Å². The quantitative estimate of drug-likeness (QED) is 0.752. The van der Waals surface area contributed by atoms with Gasteiger partial charge < -0.3 is 15.2 Å². The molecule has 4 heteroatoms. The van der Waals surface area contributed by atoms with E-state index in [0.717, 1.165) is 26.2 Å². The minimum Gasteiger partial charge on any atom is -0.376 e. The van der Waals surface area contributed by atoms with E-state index in [1.165, 1.54) is 0 Å². The summed E-state index contributed by atoms with van der Waals surface area (Å²) in [6.07, 6.45) is 1.57. The fraction of sp³-hybridized carbons (Fsp3) is 1.00. The zero-order chi connectivity index (χ0) is 11.8. The van der Waals surface area contributed by atoms with Crippen LogP contribution in [0.2, 0.25) is 0 Å². The first-order valence-electron chi connectivity index (χ1n) is 6.30. The van der Waals surface area contributed by atoms with Gasteiger partial charge in [-0.1, -0.05) is 0 Å². The van der Waals surface area contributed by atoms with E-state index in [-0.39, 0.29) is 11.6 Å². The largest absolute Gasteiger partial charge is 0.376 e. The van der Waals surface area contributed by atoms with Gasteiger partial charge in [-0.25, -0.2) is 0 Å². The molecule has 0 saturated carbocycles. The second-order valence-electron chi connectivity index (χ2n) is 5.22. The van der Waals surface area contributed by atoms with Crippen LogP contribution in [0.4, 0.5) is 0 Å². The molecular formula is C12H24N2O2.